The number of esters is 4. The van der Waals surface area contributed by atoms with Gasteiger partial charge in [0.05, 0.1) is 52.1 Å². The van der Waals surface area contributed by atoms with Crippen LogP contribution >= 0.6 is 0 Å². The Kier molecular flexibility index (Phi) is 13.3. The predicted octanol–water partition coefficient (Wildman–Crippen LogP) is 3.43. The Morgan fingerprint density at radius 3 is 0.868 bits per heavy atom. The molecule has 0 spiro atoms. The predicted molar refractivity (Wildman–Crippen MR) is 139 cm³/mol. The summed E-state index contributed by atoms with van der Waals surface area (Å²) in [7, 11) is 4.71. The molecule has 0 aromatic carbocycles. The van der Waals surface area contributed by atoms with Crippen molar-refractivity contribution in [1.29, 1.82) is 0 Å². The highest BCUT2D eigenvalue weighted by Crippen LogP contribution is 2.42. The lowest BCUT2D eigenvalue weighted by Gasteiger charge is -2.38. The molecular weight excluding hydrogens is 496 g/mol. The lowest BCUT2D eigenvalue weighted by atomic mass is 9.65. The van der Waals surface area contributed by atoms with Crippen LogP contribution in [0.2, 0.25) is 0 Å². The van der Waals surface area contributed by atoms with Crippen molar-refractivity contribution in [1.82, 2.24) is 0 Å². The molecule has 6 atom stereocenters. The van der Waals surface area contributed by atoms with E-state index in [2.05, 4.69) is 0 Å². The number of hydrogen-bond acceptors (Lipinski definition) is 10. The molecule has 0 amide bonds. The van der Waals surface area contributed by atoms with E-state index in [1.54, 1.807) is 41.5 Å². The fourth-order valence-corrected chi connectivity index (χ4v) is 5.27. The van der Waals surface area contributed by atoms with Crippen molar-refractivity contribution in [2.75, 3.05) is 28.4 Å². The third-order valence-corrected chi connectivity index (χ3v) is 7.13. The van der Waals surface area contributed by atoms with Gasteiger partial charge in [0.1, 0.15) is 11.6 Å². The molecular formula is C28H46O10. The largest absolute Gasteiger partial charge is 0.469 e. The molecule has 0 aromatic heterocycles. The average Bonchev–Trinajstić information content (AvgIpc) is 2.80. The molecule has 0 aliphatic rings. The number of hydrogen-bond donors (Lipinski definition) is 0. The number of methoxy groups -OCH3 is 4. The van der Waals surface area contributed by atoms with Gasteiger partial charge in [-0.1, -0.05) is 41.5 Å². The zero-order chi connectivity index (χ0) is 30.2. The topological polar surface area (TPSA) is 139 Å². The molecule has 0 radical (unpaired) electrons. The molecule has 0 heterocycles. The summed E-state index contributed by atoms with van der Waals surface area (Å²) in [6.07, 6.45) is -0.469. The Hall–Kier alpha value is -2.78. The van der Waals surface area contributed by atoms with Gasteiger partial charge in [0.25, 0.3) is 0 Å². The molecule has 38 heavy (non-hydrogen) atoms. The van der Waals surface area contributed by atoms with Crippen molar-refractivity contribution in [2.45, 2.75) is 68.2 Å². The van der Waals surface area contributed by atoms with Gasteiger partial charge < -0.3 is 18.9 Å². The van der Waals surface area contributed by atoms with Crippen LogP contribution in [-0.4, -0.2) is 63.9 Å². The maximum absolute atomic E-state index is 13.1. The molecule has 0 aliphatic carbocycles. The summed E-state index contributed by atoms with van der Waals surface area (Å²) < 4.78 is 20.0. The van der Waals surface area contributed by atoms with E-state index in [9.17, 15) is 28.8 Å². The lowest BCUT2D eigenvalue weighted by Crippen LogP contribution is -2.45. The summed E-state index contributed by atoms with van der Waals surface area (Å²) in [5.74, 6) is -10.0. The van der Waals surface area contributed by atoms with Gasteiger partial charge in [0.2, 0.25) is 0 Å². The van der Waals surface area contributed by atoms with Crippen LogP contribution in [0.5, 0.6) is 0 Å². The molecule has 0 fully saturated rings. The molecule has 218 valence electrons. The second kappa shape index (κ2) is 14.4. The highest BCUT2D eigenvalue weighted by molar-refractivity contribution is 5.89. The minimum atomic E-state index is -1.25. The Bertz CT molecular complexity index is 805. The van der Waals surface area contributed by atoms with Gasteiger partial charge in [-0.3, -0.25) is 28.8 Å². The van der Waals surface area contributed by atoms with E-state index in [0.717, 1.165) is 14.2 Å². The number of ketones is 2. The van der Waals surface area contributed by atoms with E-state index in [1.807, 2.05) is 0 Å². The van der Waals surface area contributed by atoms with Crippen LogP contribution in [0.15, 0.2) is 0 Å². The minimum Gasteiger partial charge on any atom is -0.469 e. The normalized spacial score (nSPS) is 16.6. The van der Waals surface area contributed by atoms with Crippen LogP contribution in [0.25, 0.3) is 0 Å². The fraction of sp³-hybridized carbons (Fsp3) is 0.786. The van der Waals surface area contributed by atoms with Crippen LogP contribution in [0.3, 0.4) is 0 Å². The maximum atomic E-state index is 13.1. The second-order valence-electron chi connectivity index (χ2n) is 11.9. The molecule has 0 aromatic rings. The van der Waals surface area contributed by atoms with Crippen LogP contribution in [-0.2, 0) is 47.7 Å². The van der Waals surface area contributed by atoms with Crippen molar-refractivity contribution >= 4 is 35.4 Å². The van der Waals surface area contributed by atoms with E-state index in [4.69, 9.17) is 18.9 Å². The molecule has 10 nitrogen and oxygen atoms in total. The summed E-state index contributed by atoms with van der Waals surface area (Å²) in [5.41, 5.74) is -1.45. The van der Waals surface area contributed by atoms with Gasteiger partial charge in [-0.15, -0.1) is 0 Å². The first-order valence-corrected chi connectivity index (χ1v) is 12.6. The SMILES string of the molecule is COC(=O)C(CC(C(C)=O)C(C(=O)OC)C(C)(C)C)C(CC(C(C)=O)C(C(=O)OC)C(C)(C)C)C(=O)OC. The van der Waals surface area contributed by atoms with E-state index in [-0.39, 0.29) is 24.4 Å². The van der Waals surface area contributed by atoms with Crippen molar-refractivity contribution in [3.05, 3.63) is 0 Å². The van der Waals surface area contributed by atoms with E-state index >= 15 is 0 Å². The first-order valence-electron chi connectivity index (χ1n) is 12.6. The number of carbonyl (C=O) groups excluding carboxylic acids is 6. The molecule has 0 saturated heterocycles. The Morgan fingerprint density at radius 2 is 0.711 bits per heavy atom. The summed E-state index contributed by atoms with van der Waals surface area (Å²) in [6, 6.07) is 0. The fourth-order valence-electron chi connectivity index (χ4n) is 5.27. The minimum absolute atomic E-state index is 0.234. The first kappa shape index (κ1) is 35.2. The summed E-state index contributed by atoms with van der Waals surface area (Å²) in [4.78, 5) is 77.5. The maximum Gasteiger partial charge on any atom is 0.309 e. The molecule has 0 rings (SSSR count). The van der Waals surface area contributed by atoms with Crippen LogP contribution in [0.1, 0.15) is 68.2 Å². The molecule has 6 unspecified atom stereocenters. The molecule has 0 N–H and O–H groups in total. The van der Waals surface area contributed by atoms with Gasteiger partial charge in [-0.25, -0.2) is 0 Å². The molecule has 0 aliphatic heterocycles. The average molecular weight is 543 g/mol. The summed E-state index contributed by atoms with van der Waals surface area (Å²) in [6.45, 7) is 13.2. The molecule has 10 heteroatoms. The van der Waals surface area contributed by atoms with Crippen LogP contribution < -0.4 is 0 Å². The number of ether oxygens (including phenoxy) is 4. The quantitative estimate of drug-likeness (QED) is 0.251. The lowest BCUT2D eigenvalue weighted by molar-refractivity contribution is -0.164. The van der Waals surface area contributed by atoms with Gasteiger partial charge in [0.15, 0.2) is 0 Å². The number of rotatable bonds is 13. The van der Waals surface area contributed by atoms with Crippen molar-refractivity contribution < 1.29 is 47.7 Å². The first-order chi connectivity index (χ1) is 17.3. The Balaban J connectivity index is 6.95. The van der Waals surface area contributed by atoms with E-state index in [1.165, 1.54) is 28.1 Å². The molecule has 0 bridgehead atoms. The monoisotopic (exact) mass is 542 g/mol. The van der Waals surface area contributed by atoms with Crippen LogP contribution in [0, 0.1) is 46.3 Å². The van der Waals surface area contributed by atoms with E-state index in [0.29, 0.717) is 0 Å². The number of carbonyl (C=O) groups is 6. The zero-order valence-corrected chi connectivity index (χ0v) is 25.0. The van der Waals surface area contributed by atoms with Crippen molar-refractivity contribution in [3.63, 3.8) is 0 Å². The highest BCUT2D eigenvalue weighted by atomic mass is 16.5. The smallest absolute Gasteiger partial charge is 0.309 e. The van der Waals surface area contributed by atoms with Gasteiger partial charge in [-0.05, 0) is 37.5 Å². The van der Waals surface area contributed by atoms with Crippen LogP contribution in [0.4, 0.5) is 0 Å². The van der Waals surface area contributed by atoms with Crippen molar-refractivity contribution in [2.24, 2.45) is 46.3 Å². The standard InChI is InChI=1S/C28H46O10/c1-15(29)17(21(25(33)37-11)27(3,4)5)13-19(23(31)35-9)20(24(32)36-10)14-18(16(2)30)22(26(34)38-12)28(6,7)8/h17-22H,13-14H2,1-12H3. The highest BCUT2D eigenvalue weighted by Gasteiger charge is 2.49. The zero-order valence-electron chi connectivity index (χ0n) is 25.0. The Labute approximate surface area is 226 Å². The second-order valence-corrected chi connectivity index (χ2v) is 11.9. The van der Waals surface area contributed by atoms with Gasteiger partial charge >= 0.3 is 23.9 Å². The third kappa shape index (κ3) is 9.20. The number of Topliss-reactive ketones (excluding diaryl/α,β-unsaturated/α-hetero) is 2. The van der Waals surface area contributed by atoms with Gasteiger partial charge in [-0.2, -0.15) is 0 Å². The van der Waals surface area contributed by atoms with E-state index < -0.39 is 70.2 Å². The summed E-state index contributed by atoms with van der Waals surface area (Å²) >= 11 is 0. The van der Waals surface area contributed by atoms with Gasteiger partial charge in [0, 0.05) is 11.8 Å². The molecule has 0 saturated carbocycles. The van der Waals surface area contributed by atoms with Crippen molar-refractivity contribution in [3.8, 4) is 0 Å². The Morgan fingerprint density at radius 1 is 0.474 bits per heavy atom. The summed E-state index contributed by atoms with van der Waals surface area (Å²) in [5, 5.41) is 0. The third-order valence-electron chi connectivity index (χ3n) is 7.13.